The molecule has 0 N–H and O–H groups in total. The van der Waals surface area contributed by atoms with E-state index >= 15 is 0 Å². The Morgan fingerprint density at radius 1 is 1.18 bits per heavy atom. The Bertz CT molecular complexity index is 167. The maximum absolute atomic E-state index is 12.1. The summed E-state index contributed by atoms with van der Waals surface area (Å²) in [4.78, 5) is 0. The minimum absolute atomic E-state index is 0.211. The summed E-state index contributed by atoms with van der Waals surface area (Å²) in [6.07, 6.45) is 0. The second kappa shape index (κ2) is 7.39. The minimum Gasteiger partial charge on any atom is -0.207 e. The summed E-state index contributed by atoms with van der Waals surface area (Å²) in [6.45, 7) is 3.60. The SMILES string of the molecule is [Br][Zn][Br].[CH2]c1ccc(F)cc1. The second-order valence-corrected chi connectivity index (χ2v) is 15.8. The first-order valence-corrected chi connectivity index (χ1v) is 16.8. The van der Waals surface area contributed by atoms with E-state index in [1.807, 2.05) is 0 Å². The minimum atomic E-state index is -0.250. The number of hydrogen-bond acceptors (Lipinski definition) is 0. The molecule has 4 heteroatoms. The molecule has 1 rings (SSSR count). The fourth-order valence-electron chi connectivity index (χ4n) is 0.484. The summed E-state index contributed by atoms with van der Waals surface area (Å²) in [5.41, 5.74) is 0.839. The molecule has 0 aromatic heterocycles. The molecule has 0 aliphatic carbocycles. The zero-order valence-corrected chi connectivity index (χ0v) is 12.0. The first-order valence-electron chi connectivity index (χ1n) is 2.90. The monoisotopic (exact) mass is 331 g/mol. The van der Waals surface area contributed by atoms with Gasteiger partial charge < -0.3 is 0 Å². The average Bonchev–Trinajstić information content (AvgIpc) is 1.97. The first kappa shape index (κ1) is 11.7. The molecule has 0 aliphatic heterocycles. The van der Waals surface area contributed by atoms with Crippen LogP contribution in [-0.4, -0.2) is 0 Å². The van der Waals surface area contributed by atoms with Gasteiger partial charge in [0, 0.05) is 0 Å². The zero-order chi connectivity index (χ0) is 8.69. The predicted octanol–water partition coefficient (Wildman–Crippen LogP) is 3.70. The van der Waals surface area contributed by atoms with Gasteiger partial charge in [-0.15, -0.1) is 0 Å². The topological polar surface area (TPSA) is 0 Å². The Morgan fingerprint density at radius 2 is 1.55 bits per heavy atom. The van der Waals surface area contributed by atoms with Crippen molar-refractivity contribution in [2.45, 2.75) is 0 Å². The van der Waals surface area contributed by atoms with Gasteiger partial charge in [0.05, 0.1) is 0 Å². The molecule has 0 bridgehead atoms. The van der Waals surface area contributed by atoms with Crippen molar-refractivity contribution >= 4 is 27.2 Å². The smallest absolute Gasteiger partial charge is 0.123 e. The maximum atomic E-state index is 12.1. The molecule has 0 fully saturated rings. The van der Waals surface area contributed by atoms with Crippen LogP contribution in [-0.2, 0) is 13.2 Å². The van der Waals surface area contributed by atoms with Crippen molar-refractivity contribution in [1.29, 1.82) is 0 Å². The molecule has 0 nitrogen and oxygen atoms in total. The third kappa shape index (κ3) is 7.11. The van der Waals surface area contributed by atoms with E-state index in [4.69, 9.17) is 0 Å². The predicted molar refractivity (Wildman–Crippen MR) is 48.7 cm³/mol. The van der Waals surface area contributed by atoms with Crippen molar-refractivity contribution in [2.75, 3.05) is 0 Å². The summed E-state index contributed by atoms with van der Waals surface area (Å²) < 4.78 is 12.1. The van der Waals surface area contributed by atoms with E-state index in [0.29, 0.717) is 0 Å². The molecule has 0 amide bonds. The van der Waals surface area contributed by atoms with Gasteiger partial charge in [-0.25, -0.2) is 4.39 Å². The van der Waals surface area contributed by atoms with Gasteiger partial charge in [0.1, 0.15) is 5.82 Å². The van der Waals surface area contributed by atoms with Gasteiger partial charge in [-0.2, -0.15) is 0 Å². The van der Waals surface area contributed by atoms with E-state index in [1.165, 1.54) is 12.1 Å². The first-order chi connectivity index (χ1) is 5.20. The van der Waals surface area contributed by atoms with Gasteiger partial charge >= 0.3 is 40.5 Å². The number of halogens is 3. The molecule has 0 aliphatic rings. The molecule has 0 saturated heterocycles. The van der Waals surface area contributed by atoms with Crippen LogP contribution >= 0.6 is 27.2 Å². The van der Waals surface area contributed by atoms with E-state index in [9.17, 15) is 4.39 Å². The van der Waals surface area contributed by atoms with Crippen LogP contribution in [0.1, 0.15) is 5.56 Å². The summed E-state index contributed by atoms with van der Waals surface area (Å²) >= 11 is 6.25. The summed E-state index contributed by atoms with van der Waals surface area (Å²) in [7, 11) is 0. The Labute approximate surface area is 86.9 Å². The van der Waals surface area contributed by atoms with Crippen molar-refractivity contribution in [3.8, 4) is 0 Å². The molecule has 11 heavy (non-hydrogen) atoms. The Kier molecular flexibility index (Phi) is 7.88. The average molecular weight is 334 g/mol. The van der Waals surface area contributed by atoms with Crippen LogP contribution in [0.25, 0.3) is 0 Å². The number of rotatable bonds is 0. The van der Waals surface area contributed by atoms with Crippen molar-refractivity contribution in [2.24, 2.45) is 0 Å². The fourth-order valence-corrected chi connectivity index (χ4v) is 0.484. The normalized spacial score (nSPS) is 7.64. The van der Waals surface area contributed by atoms with Gasteiger partial charge in [-0.1, -0.05) is 12.1 Å². The molecular weight excluding hydrogens is 328 g/mol. The molecule has 0 unspecified atom stereocenters. The third-order valence-electron chi connectivity index (χ3n) is 0.913. The van der Waals surface area contributed by atoms with Gasteiger partial charge in [-0.3, -0.25) is 0 Å². The molecule has 57 valence electrons. The molecule has 0 atom stereocenters. The Morgan fingerprint density at radius 3 is 1.82 bits per heavy atom. The maximum Gasteiger partial charge on any atom is 0.123 e. The van der Waals surface area contributed by atoms with E-state index in [1.54, 1.807) is 12.1 Å². The van der Waals surface area contributed by atoms with Crippen molar-refractivity contribution in [1.82, 2.24) is 0 Å². The zero-order valence-electron chi connectivity index (χ0n) is 5.86. The van der Waals surface area contributed by atoms with Gasteiger partial charge in [0.2, 0.25) is 0 Å². The molecule has 1 aromatic carbocycles. The quantitative estimate of drug-likeness (QED) is 0.635. The van der Waals surface area contributed by atoms with E-state index in [0.717, 1.165) is 5.56 Å². The molecule has 0 heterocycles. The van der Waals surface area contributed by atoms with Crippen LogP contribution < -0.4 is 0 Å². The van der Waals surface area contributed by atoms with Crippen LogP contribution in [0.5, 0.6) is 0 Å². The van der Waals surface area contributed by atoms with Crippen LogP contribution in [0, 0.1) is 12.7 Å². The van der Waals surface area contributed by atoms with Crippen LogP contribution in [0.3, 0.4) is 0 Å². The number of benzene rings is 1. The van der Waals surface area contributed by atoms with Gasteiger partial charge in [0.25, 0.3) is 0 Å². The van der Waals surface area contributed by atoms with E-state index in [-0.39, 0.29) is 19.0 Å². The van der Waals surface area contributed by atoms with Gasteiger partial charge in [0.15, 0.2) is 0 Å². The molecule has 0 saturated carbocycles. The summed E-state index contributed by atoms with van der Waals surface area (Å²) in [5.74, 6) is -0.211. The summed E-state index contributed by atoms with van der Waals surface area (Å²) in [5, 5.41) is 0. The van der Waals surface area contributed by atoms with Gasteiger partial charge in [-0.05, 0) is 24.6 Å². The molecule has 0 spiro atoms. The third-order valence-corrected chi connectivity index (χ3v) is 0.913. The van der Waals surface area contributed by atoms with Crippen molar-refractivity contribution in [3.63, 3.8) is 0 Å². The van der Waals surface area contributed by atoms with E-state index in [2.05, 4.69) is 34.2 Å². The standard InChI is InChI=1S/C7H6F.2BrH.Zn/c1-6-2-4-7(8)5-3-6;;;/h2-5H,1H2;2*1H;/q;;;+2/p-2. The summed E-state index contributed by atoms with van der Waals surface area (Å²) in [6, 6.07) is 6.05. The van der Waals surface area contributed by atoms with Crippen molar-refractivity contribution < 1.29 is 17.6 Å². The largest absolute Gasteiger partial charge is 0.207 e. The fraction of sp³-hybridized carbons (Fsp3) is 0. The van der Waals surface area contributed by atoms with Crippen molar-refractivity contribution in [3.05, 3.63) is 42.6 Å². The Balaban J connectivity index is 0.000000292. The van der Waals surface area contributed by atoms with Crippen LogP contribution in [0.4, 0.5) is 4.39 Å². The number of hydrogen-bond donors (Lipinski definition) is 0. The van der Waals surface area contributed by atoms with E-state index < -0.39 is 0 Å². The van der Waals surface area contributed by atoms with Crippen LogP contribution in [0.15, 0.2) is 24.3 Å². The molecule has 1 aromatic rings. The second-order valence-electron chi connectivity index (χ2n) is 1.73. The molecule has 1 radical (unpaired) electrons. The molecular formula is C7H6Br2FZn. The Hall–Kier alpha value is 0.733. The van der Waals surface area contributed by atoms with Crippen LogP contribution in [0.2, 0.25) is 0 Å².